The van der Waals surface area contributed by atoms with Crippen molar-refractivity contribution in [2.45, 2.75) is 48.8 Å². The highest BCUT2D eigenvalue weighted by atomic mass is 35.5. The number of aryl methyl sites for hydroxylation is 1. The third kappa shape index (κ3) is 6.81. The first kappa shape index (κ1) is 26.5. The van der Waals surface area contributed by atoms with Crippen molar-refractivity contribution in [3.63, 3.8) is 0 Å². The molecule has 36 heavy (non-hydrogen) atoms. The molecule has 1 aromatic heterocycles. The van der Waals surface area contributed by atoms with Gasteiger partial charge in [0, 0.05) is 17.0 Å². The number of fused-ring (bicyclic) bond motifs is 1. The van der Waals surface area contributed by atoms with Crippen molar-refractivity contribution in [3.8, 4) is 5.75 Å². The van der Waals surface area contributed by atoms with Crippen LogP contribution in [-0.4, -0.2) is 39.5 Å². The molecule has 1 heterocycles. The monoisotopic (exact) mass is 547 g/mol. The van der Waals surface area contributed by atoms with E-state index in [4.69, 9.17) is 21.1 Å². The Balaban J connectivity index is 1.49. The Morgan fingerprint density at radius 3 is 2.78 bits per heavy atom. The number of rotatable bonds is 10. The van der Waals surface area contributed by atoms with E-state index in [2.05, 4.69) is 11.4 Å². The molecule has 0 saturated carbocycles. The van der Waals surface area contributed by atoms with Crippen LogP contribution in [0, 0.1) is 0 Å². The molecule has 1 aliphatic carbocycles. The lowest BCUT2D eigenvalue weighted by atomic mass is 9.76. The van der Waals surface area contributed by atoms with Crippen LogP contribution in [0.25, 0.3) is 0 Å². The van der Waals surface area contributed by atoms with Crippen molar-refractivity contribution >= 4 is 38.9 Å². The zero-order valence-corrected chi connectivity index (χ0v) is 22.5. The molecule has 1 amide bonds. The minimum atomic E-state index is -3.28. The second kappa shape index (κ2) is 12.1. The minimum absolute atomic E-state index is 0.0133. The number of carbonyl (C=O) groups excluding carboxylic acids is 1. The molecule has 9 heteroatoms. The summed E-state index contributed by atoms with van der Waals surface area (Å²) >= 11 is 7.47. The minimum Gasteiger partial charge on any atom is -0.494 e. The van der Waals surface area contributed by atoms with E-state index in [9.17, 15) is 13.2 Å². The lowest BCUT2D eigenvalue weighted by Crippen LogP contribution is -2.43. The van der Waals surface area contributed by atoms with Crippen LogP contribution < -0.4 is 10.1 Å². The molecule has 0 saturated heterocycles. The predicted molar refractivity (Wildman–Crippen MR) is 143 cm³/mol. The number of hydrogen-bond donors (Lipinski definition) is 1. The van der Waals surface area contributed by atoms with E-state index in [1.165, 1.54) is 16.9 Å². The van der Waals surface area contributed by atoms with E-state index in [1.807, 2.05) is 36.4 Å². The molecule has 6 nitrogen and oxygen atoms in total. The second-order valence-electron chi connectivity index (χ2n) is 8.76. The summed E-state index contributed by atoms with van der Waals surface area (Å²) in [5.41, 5.74) is 3.42. The average Bonchev–Trinajstić information content (AvgIpc) is 3.40. The van der Waals surface area contributed by atoms with Crippen molar-refractivity contribution < 1.29 is 22.7 Å². The van der Waals surface area contributed by atoms with Crippen molar-refractivity contribution in [2.75, 3.05) is 19.0 Å². The van der Waals surface area contributed by atoms with Crippen molar-refractivity contribution in [3.05, 3.63) is 81.7 Å². The Labute approximate surface area is 221 Å². The van der Waals surface area contributed by atoms with Gasteiger partial charge in [-0.25, -0.2) is 13.2 Å². The second-order valence-corrected chi connectivity index (χ2v) is 12.5. The van der Waals surface area contributed by atoms with Crippen LogP contribution >= 0.6 is 22.9 Å². The molecule has 1 N–H and O–H groups in total. The fraction of sp³-hybridized carbons (Fsp3) is 0.370. The number of nitrogens with one attached hydrogen (secondary N) is 1. The lowest BCUT2D eigenvalue weighted by Gasteiger charge is -2.34. The number of amides is 1. The third-order valence-electron chi connectivity index (χ3n) is 6.28. The quantitative estimate of drug-likeness (QED) is 0.313. The lowest BCUT2D eigenvalue weighted by molar-refractivity contribution is 0.144. The number of hydrogen-bond acceptors (Lipinski definition) is 6. The van der Waals surface area contributed by atoms with Crippen LogP contribution in [0.15, 0.2) is 64.2 Å². The highest BCUT2D eigenvalue weighted by molar-refractivity contribution is 7.93. The Bertz CT molecular complexity index is 1280. The highest BCUT2D eigenvalue weighted by Gasteiger charge is 2.31. The van der Waals surface area contributed by atoms with Gasteiger partial charge in [-0.05, 0) is 85.0 Å². The fourth-order valence-electron chi connectivity index (χ4n) is 4.61. The summed E-state index contributed by atoms with van der Waals surface area (Å²) in [5.74, 6) is 0.746. The van der Waals surface area contributed by atoms with Crippen LogP contribution in [0.3, 0.4) is 0 Å². The summed E-state index contributed by atoms with van der Waals surface area (Å²) in [6, 6.07) is 17.1. The van der Waals surface area contributed by atoms with E-state index in [1.54, 1.807) is 24.4 Å². The predicted octanol–water partition coefficient (Wildman–Crippen LogP) is 6.03. The molecular weight excluding hydrogens is 518 g/mol. The Kier molecular flexibility index (Phi) is 8.93. The van der Waals surface area contributed by atoms with Gasteiger partial charge in [0.05, 0.1) is 19.0 Å². The van der Waals surface area contributed by atoms with Gasteiger partial charge in [-0.2, -0.15) is 0 Å². The van der Waals surface area contributed by atoms with Gasteiger partial charge in [-0.3, -0.25) is 0 Å². The summed E-state index contributed by atoms with van der Waals surface area (Å²) in [5, 5.41) is 5.49. The average molecular weight is 548 g/mol. The van der Waals surface area contributed by atoms with Gasteiger partial charge in [0.15, 0.2) is 9.84 Å². The van der Waals surface area contributed by atoms with Gasteiger partial charge < -0.3 is 14.8 Å². The maximum absolute atomic E-state index is 12.4. The maximum Gasteiger partial charge on any atom is 0.407 e. The molecule has 0 fully saturated rings. The van der Waals surface area contributed by atoms with E-state index in [-0.39, 0.29) is 17.7 Å². The van der Waals surface area contributed by atoms with E-state index in [0.29, 0.717) is 41.0 Å². The standard InChI is InChI=1S/C27H30ClNO5S2/c1-2-33-27(30)29-25-12-10-20-9-11-22(34-13-5-15-36(31,32)26-8-4-14-35-26)18-23(20)24(25)17-19-6-3-7-21(28)16-19/h3-4,6-9,11,14,16,18,24-25H,2,5,10,12-13,15,17H2,1H3,(H,29,30). The first-order chi connectivity index (χ1) is 17.4. The summed E-state index contributed by atoms with van der Waals surface area (Å²) in [6.07, 6.45) is 2.32. The van der Waals surface area contributed by atoms with Crippen molar-refractivity contribution in [2.24, 2.45) is 0 Å². The van der Waals surface area contributed by atoms with Crippen LogP contribution in [-0.2, 0) is 27.4 Å². The number of alkyl carbamates (subject to hydrolysis) is 1. The summed E-state index contributed by atoms with van der Waals surface area (Å²) in [7, 11) is -3.28. The van der Waals surface area contributed by atoms with Crippen LogP contribution in [0.4, 0.5) is 4.79 Å². The first-order valence-electron chi connectivity index (χ1n) is 12.1. The Morgan fingerprint density at radius 1 is 1.17 bits per heavy atom. The van der Waals surface area contributed by atoms with Crippen molar-refractivity contribution in [1.82, 2.24) is 5.32 Å². The topological polar surface area (TPSA) is 81.7 Å². The highest BCUT2D eigenvalue weighted by Crippen LogP contribution is 2.37. The number of thiophene rings is 1. The number of benzene rings is 2. The molecule has 2 aromatic carbocycles. The largest absolute Gasteiger partial charge is 0.494 e. The van der Waals surface area contributed by atoms with E-state index >= 15 is 0 Å². The van der Waals surface area contributed by atoms with Gasteiger partial charge in [-0.1, -0.05) is 35.9 Å². The molecule has 1 aliphatic rings. The van der Waals surface area contributed by atoms with Gasteiger partial charge in [0.2, 0.25) is 0 Å². The van der Waals surface area contributed by atoms with Crippen LogP contribution in [0.1, 0.15) is 42.4 Å². The molecule has 3 aromatic rings. The molecule has 0 aliphatic heterocycles. The number of halogens is 1. The molecule has 2 atom stereocenters. The van der Waals surface area contributed by atoms with E-state index < -0.39 is 15.9 Å². The number of carbonyl (C=O) groups is 1. The zero-order chi connectivity index (χ0) is 25.5. The number of sulfone groups is 1. The summed E-state index contributed by atoms with van der Waals surface area (Å²) < 4.78 is 36.3. The molecule has 0 spiro atoms. The van der Waals surface area contributed by atoms with Gasteiger partial charge >= 0.3 is 6.09 Å². The zero-order valence-electron chi connectivity index (χ0n) is 20.1. The number of ether oxygens (including phenoxy) is 2. The molecule has 2 unspecified atom stereocenters. The van der Waals surface area contributed by atoms with E-state index in [0.717, 1.165) is 24.0 Å². The van der Waals surface area contributed by atoms with Crippen LogP contribution in [0.5, 0.6) is 5.75 Å². The third-order valence-corrected chi connectivity index (χ3v) is 9.80. The fourth-order valence-corrected chi connectivity index (χ4v) is 7.26. The van der Waals surface area contributed by atoms with Gasteiger partial charge in [-0.15, -0.1) is 11.3 Å². The Morgan fingerprint density at radius 2 is 2.03 bits per heavy atom. The maximum atomic E-state index is 12.4. The van der Waals surface area contributed by atoms with Gasteiger partial charge in [0.1, 0.15) is 9.96 Å². The molecule has 0 bridgehead atoms. The summed E-state index contributed by atoms with van der Waals surface area (Å²) in [4.78, 5) is 12.3. The Hall–Kier alpha value is -2.55. The molecule has 192 valence electrons. The van der Waals surface area contributed by atoms with Crippen molar-refractivity contribution in [1.29, 1.82) is 0 Å². The summed E-state index contributed by atoms with van der Waals surface area (Å²) in [6.45, 7) is 2.40. The normalized spacial score (nSPS) is 17.3. The first-order valence-corrected chi connectivity index (χ1v) is 15.0. The molecule has 4 rings (SSSR count). The SMILES string of the molecule is CCOC(=O)NC1CCc2ccc(OCCCS(=O)(=O)c3cccs3)cc2C1Cc1cccc(Cl)c1. The van der Waals surface area contributed by atoms with Crippen LogP contribution in [0.2, 0.25) is 5.02 Å². The van der Waals surface area contributed by atoms with Gasteiger partial charge in [0.25, 0.3) is 0 Å². The molecular formula is C27H30ClNO5S2. The smallest absolute Gasteiger partial charge is 0.407 e. The molecule has 0 radical (unpaired) electrons.